The molecule has 2 N–H and O–H groups in total. The Kier molecular flexibility index (Phi) is 2.81. The van der Waals surface area contributed by atoms with E-state index in [1.807, 2.05) is 24.3 Å². The van der Waals surface area contributed by atoms with Crippen LogP contribution in [-0.2, 0) is 10.2 Å². The lowest BCUT2D eigenvalue weighted by Gasteiger charge is -2.29. The Balaban J connectivity index is 1.91. The van der Waals surface area contributed by atoms with Gasteiger partial charge >= 0.3 is 0 Å². The van der Waals surface area contributed by atoms with Crippen molar-refractivity contribution in [2.75, 3.05) is 11.9 Å². The molecule has 1 amide bonds. The zero-order valence-corrected chi connectivity index (χ0v) is 11.7. The van der Waals surface area contributed by atoms with Gasteiger partial charge in [0.25, 0.3) is 0 Å². The first kappa shape index (κ1) is 13.4. The summed E-state index contributed by atoms with van der Waals surface area (Å²) < 4.78 is 27.8. The lowest BCUT2D eigenvalue weighted by atomic mass is 9.73. The zero-order chi connectivity index (χ0) is 15.3. The van der Waals surface area contributed by atoms with Crippen LogP contribution < -0.4 is 10.6 Å². The van der Waals surface area contributed by atoms with Crippen molar-refractivity contribution in [3.05, 3.63) is 65.2 Å². The van der Waals surface area contributed by atoms with E-state index in [2.05, 4.69) is 10.6 Å². The molecule has 112 valence electrons. The van der Waals surface area contributed by atoms with E-state index in [0.29, 0.717) is 13.0 Å². The number of benzene rings is 2. The Bertz CT molecular complexity index is 777. The van der Waals surface area contributed by atoms with E-state index < -0.39 is 23.1 Å². The summed E-state index contributed by atoms with van der Waals surface area (Å²) in [6.45, 7) is 0.572. The molecule has 0 unspecified atom stereocenters. The molecule has 2 heterocycles. The summed E-state index contributed by atoms with van der Waals surface area (Å²) in [6.07, 6.45) is 0.552. The van der Waals surface area contributed by atoms with Gasteiger partial charge in [-0.2, -0.15) is 0 Å². The molecule has 0 radical (unpaired) electrons. The van der Waals surface area contributed by atoms with Crippen LogP contribution in [0.3, 0.4) is 0 Å². The summed E-state index contributed by atoms with van der Waals surface area (Å²) in [7, 11) is 0. The van der Waals surface area contributed by atoms with Gasteiger partial charge in [0.05, 0.1) is 11.5 Å². The van der Waals surface area contributed by atoms with Gasteiger partial charge in [0.2, 0.25) is 5.91 Å². The second-order valence-corrected chi connectivity index (χ2v) is 5.77. The number of nitrogens with one attached hydrogen (secondary N) is 2. The number of hydrogen-bond donors (Lipinski definition) is 2. The van der Waals surface area contributed by atoms with Gasteiger partial charge in [-0.05, 0) is 42.8 Å². The summed E-state index contributed by atoms with van der Waals surface area (Å²) in [5.41, 5.74) is 0.909. The van der Waals surface area contributed by atoms with Crippen molar-refractivity contribution < 1.29 is 13.6 Å². The molecule has 2 aliphatic heterocycles. The van der Waals surface area contributed by atoms with E-state index in [9.17, 15) is 13.6 Å². The molecule has 1 spiro atoms. The molecule has 2 atom stereocenters. The topological polar surface area (TPSA) is 41.1 Å². The molecule has 0 aliphatic carbocycles. The molecule has 0 bridgehead atoms. The predicted molar refractivity (Wildman–Crippen MR) is 78.5 cm³/mol. The van der Waals surface area contributed by atoms with Crippen LogP contribution >= 0.6 is 0 Å². The largest absolute Gasteiger partial charge is 0.325 e. The third-order valence-corrected chi connectivity index (χ3v) is 4.69. The van der Waals surface area contributed by atoms with Gasteiger partial charge in [-0.15, -0.1) is 0 Å². The third kappa shape index (κ3) is 1.66. The summed E-state index contributed by atoms with van der Waals surface area (Å²) >= 11 is 0. The van der Waals surface area contributed by atoms with Crippen LogP contribution in [-0.4, -0.2) is 12.5 Å². The van der Waals surface area contributed by atoms with Crippen molar-refractivity contribution in [1.82, 2.24) is 5.32 Å². The maximum Gasteiger partial charge on any atom is 0.237 e. The molecule has 0 saturated carbocycles. The van der Waals surface area contributed by atoms with E-state index in [1.165, 1.54) is 6.07 Å². The fourth-order valence-electron chi connectivity index (χ4n) is 3.72. The molecule has 2 aliphatic rings. The minimum Gasteiger partial charge on any atom is -0.325 e. The molecule has 1 saturated heterocycles. The number of carbonyl (C=O) groups is 1. The third-order valence-electron chi connectivity index (χ3n) is 4.69. The number of para-hydroxylation sites is 1. The Hall–Kier alpha value is -2.27. The second-order valence-electron chi connectivity index (χ2n) is 5.77. The van der Waals surface area contributed by atoms with E-state index in [1.54, 1.807) is 0 Å². The minimum absolute atomic E-state index is 0.160. The zero-order valence-electron chi connectivity index (χ0n) is 11.7. The average molecular weight is 300 g/mol. The molecule has 22 heavy (non-hydrogen) atoms. The summed E-state index contributed by atoms with van der Waals surface area (Å²) in [4.78, 5) is 12.7. The number of carbonyl (C=O) groups excluding carboxylic acids is 1. The molecule has 2 aromatic rings. The Morgan fingerprint density at radius 1 is 1.14 bits per heavy atom. The smallest absolute Gasteiger partial charge is 0.237 e. The van der Waals surface area contributed by atoms with Crippen LogP contribution in [0.5, 0.6) is 0 Å². The van der Waals surface area contributed by atoms with Crippen molar-refractivity contribution in [3.63, 3.8) is 0 Å². The summed E-state index contributed by atoms with van der Waals surface area (Å²) in [5, 5.41) is 6.05. The highest BCUT2D eigenvalue weighted by Crippen LogP contribution is 2.51. The van der Waals surface area contributed by atoms with Gasteiger partial charge in [0, 0.05) is 11.3 Å². The molecule has 0 aromatic heterocycles. The monoisotopic (exact) mass is 300 g/mol. The Morgan fingerprint density at radius 3 is 2.82 bits per heavy atom. The van der Waals surface area contributed by atoms with E-state index in [-0.39, 0.29) is 11.5 Å². The normalized spacial score (nSPS) is 26.3. The quantitative estimate of drug-likeness (QED) is 0.850. The fourth-order valence-corrected chi connectivity index (χ4v) is 3.72. The van der Waals surface area contributed by atoms with Crippen LogP contribution in [0.1, 0.15) is 23.6 Å². The van der Waals surface area contributed by atoms with Crippen molar-refractivity contribution >= 4 is 11.6 Å². The molecule has 2 aromatic carbocycles. The number of halogens is 2. The molecule has 3 nitrogen and oxygen atoms in total. The fraction of sp³-hybridized carbons (Fsp3) is 0.235. The number of anilines is 1. The first-order valence-electron chi connectivity index (χ1n) is 7.22. The highest BCUT2D eigenvalue weighted by Gasteiger charge is 2.55. The molecule has 5 heteroatoms. The maximum atomic E-state index is 14.2. The minimum atomic E-state index is -0.884. The molecular weight excluding hydrogens is 286 g/mol. The lowest BCUT2D eigenvalue weighted by molar-refractivity contribution is -0.121. The summed E-state index contributed by atoms with van der Waals surface area (Å²) in [5.74, 6) is -1.17. The van der Waals surface area contributed by atoms with Gasteiger partial charge in [0.1, 0.15) is 11.6 Å². The lowest BCUT2D eigenvalue weighted by Crippen LogP contribution is -2.40. The summed E-state index contributed by atoms with van der Waals surface area (Å²) in [6, 6.07) is 10.2. The van der Waals surface area contributed by atoms with Crippen molar-refractivity contribution in [2.45, 2.75) is 17.9 Å². The Labute approximate surface area is 126 Å². The Morgan fingerprint density at radius 2 is 1.95 bits per heavy atom. The van der Waals surface area contributed by atoms with Crippen LogP contribution in [0, 0.1) is 11.6 Å². The van der Waals surface area contributed by atoms with Crippen LogP contribution in [0.25, 0.3) is 0 Å². The van der Waals surface area contributed by atoms with Gasteiger partial charge in [0.15, 0.2) is 0 Å². The van der Waals surface area contributed by atoms with E-state index >= 15 is 0 Å². The number of amides is 1. The van der Waals surface area contributed by atoms with Crippen molar-refractivity contribution in [2.24, 2.45) is 0 Å². The van der Waals surface area contributed by atoms with E-state index in [4.69, 9.17) is 0 Å². The van der Waals surface area contributed by atoms with Crippen molar-refractivity contribution in [1.29, 1.82) is 0 Å². The first-order valence-corrected chi connectivity index (χ1v) is 7.22. The number of fused-ring (bicyclic) bond motifs is 2. The standard InChI is InChI=1S/C17H14F2N2O/c18-10-5-6-13(19)11(9-10)15-17(7-8-20-15)12-3-1-2-4-14(12)21-16(17)22/h1-6,9,15,20H,7-8H2,(H,21,22)/t15-,17+/m0/s1. The second kappa shape index (κ2) is 4.61. The van der Waals surface area contributed by atoms with Crippen molar-refractivity contribution in [3.8, 4) is 0 Å². The molecule has 1 fully saturated rings. The highest BCUT2D eigenvalue weighted by atomic mass is 19.1. The van der Waals surface area contributed by atoms with E-state index in [0.717, 1.165) is 23.4 Å². The van der Waals surface area contributed by atoms with Crippen LogP contribution in [0.15, 0.2) is 42.5 Å². The van der Waals surface area contributed by atoms with Crippen LogP contribution in [0.2, 0.25) is 0 Å². The van der Waals surface area contributed by atoms with Crippen LogP contribution in [0.4, 0.5) is 14.5 Å². The number of hydrogen-bond acceptors (Lipinski definition) is 2. The average Bonchev–Trinajstić information content (AvgIpc) is 3.06. The van der Waals surface area contributed by atoms with Gasteiger partial charge in [-0.3, -0.25) is 4.79 Å². The molecular formula is C17H14F2N2O. The highest BCUT2D eigenvalue weighted by molar-refractivity contribution is 6.07. The molecule has 4 rings (SSSR count). The van der Waals surface area contributed by atoms with Gasteiger partial charge < -0.3 is 10.6 Å². The van der Waals surface area contributed by atoms with Gasteiger partial charge in [-0.1, -0.05) is 18.2 Å². The first-order chi connectivity index (χ1) is 10.6. The number of rotatable bonds is 1. The predicted octanol–water partition coefficient (Wildman–Crippen LogP) is 2.89. The maximum absolute atomic E-state index is 14.2. The van der Waals surface area contributed by atoms with Gasteiger partial charge in [-0.25, -0.2) is 8.78 Å². The SMILES string of the molecule is O=C1Nc2ccccc2[C@@]12CCN[C@H]2c1cc(F)ccc1F.